The zero-order valence-corrected chi connectivity index (χ0v) is 19.8. The molecule has 37 heavy (non-hydrogen) atoms. The number of anilines is 4. The number of benzene rings is 4. The first-order chi connectivity index (χ1) is 17.8. The van der Waals surface area contributed by atoms with Crippen LogP contribution in [0.2, 0.25) is 0 Å². The van der Waals surface area contributed by atoms with E-state index in [9.17, 15) is 19.2 Å². The van der Waals surface area contributed by atoms with Gasteiger partial charge in [-0.3, -0.25) is 19.2 Å². The van der Waals surface area contributed by atoms with E-state index in [1.54, 1.807) is 92.0 Å². The molecule has 0 saturated carbocycles. The maximum Gasteiger partial charge on any atom is 0.266 e. The molecule has 1 heterocycles. The Morgan fingerprint density at radius 2 is 1.32 bits per heavy atom. The highest BCUT2D eigenvalue weighted by Gasteiger charge is 2.36. The van der Waals surface area contributed by atoms with Crippen LogP contribution in [-0.4, -0.2) is 31.1 Å². The predicted octanol–water partition coefficient (Wildman–Crippen LogP) is 4.41. The molecule has 0 saturated heterocycles. The monoisotopic (exact) mass is 490 g/mol. The first kappa shape index (κ1) is 23.5. The van der Waals surface area contributed by atoms with Crippen molar-refractivity contribution in [2.75, 3.05) is 28.3 Å². The van der Waals surface area contributed by atoms with E-state index in [0.29, 0.717) is 40.2 Å². The average molecular weight is 491 g/mol. The molecule has 0 aromatic heterocycles. The molecule has 8 nitrogen and oxygen atoms in total. The van der Waals surface area contributed by atoms with Crippen LogP contribution in [0.3, 0.4) is 0 Å². The van der Waals surface area contributed by atoms with Gasteiger partial charge in [0.1, 0.15) is 0 Å². The fourth-order valence-corrected chi connectivity index (χ4v) is 4.30. The summed E-state index contributed by atoms with van der Waals surface area (Å²) in [5, 5.41) is 0. The van der Waals surface area contributed by atoms with Gasteiger partial charge in [-0.1, -0.05) is 18.2 Å². The number of rotatable bonds is 5. The highest BCUT2D eigenvalue weighted by molar-refractivity contribution is 6.34. The lowest BCUT2D eigenvalue weighted by Crippen LogP contribution is -2.29. The molecule has 5 rings (SSSR count). The van der Waals surface area contributed by atoms with Crippen molar-refractivity contribution in [1.29, 1.82) is 0 Å². The molecule has 4 aromatic rings. The molecule has 8 heteroatoms. The van der Waals surface area contributed by atoms with Gasteiger partial charge in [0, 0.05) is 29.7 Å². The standard InChI is InChI=1S/C29H22N4O4/c1-32(22-9-5-20(30)6-10-22)27(35)25-14-17(2-3-19(25)16-34)18-4-13-24-26(15-18)29(37)33(28(24)36)23-11-7-21(31)8-12-23/h2-16H,30-31H2,1H3. The fourth-order valence-electron chi connectivity index (χ4n) is 4.30. The van der Waals surface area contributed by atoms with E-state index in [1.807, 2.05) is 0 Å². The molecule has 0 fully saturated rings. The summed E-state index contributed by atoms with van der Waals surface area (Å²) in [4.78, 5) is 53.7. The van der Waals surface area contributed by atoms with E-state index in [0.717, 1.165) is 4.90 Å². The maximum atomic E-state index is 13.3. The van der Waals surface area contributed by atoms with E-state index >= 15 is 0 Å². The van der Waals surface area contributed by atoms with Crippen LogP contribution in [0.15, 0.2) is 84.9 Å². The second-order valence-corrected chi connectivity index (χ2v) is 8.67. The van der Waals surface area contributed by atoms with Crippen LogP contribution < -0.4 is 21.3 Å². The zero-order chi connectivity index (χ0) is 26.3. The van der Waals surface area contributed by atoms with Crippen molar-refractivity contribution in [2.45, 2.75) is 0 Å². The summed E-state index contributed by atoms with van der Waals surface area (Å²) in [5.74, 6) is -1.25. The van der Waals surface area contributed by atoms with Gasteiger partial charge in [-0.15, -0.1) is 0 Å². The molecule has 4 N–H and O–H groups in total. The van der Waals surface area contributed by atoms with Crippen LogP contribution in [0, 0.1) is 0 Å². The third-order valence-electron chi connectivity index (χ3n) is 6.37. The van der Waals surface area contributed by atoms with Gasteiger partial charge in [0.05, 0.1) is 22.4 Å². The van der Waals surface area contributed by atoms with Crippen molar-refractivity contribution >= 4 is 46.8 Å². The maximum absolute atomic E-state index is 13.3. The Bertz CT molecular complexity index is 1580. The minimum atomic E-state index is -0.449. The molecule has 4 aromatic carbocycles. The normalized spacial score (nSPS) is 12.4. The van der Waals surface area contributed by atoms with Gasteiger partial charge >= 0.3 is 0 Å². The first-order valence-corrected chi connectivity index (χ1v) is 11.4. The number of nitrogen functional groups attached to an aromatic ring is 2. The number of hydrogen-bond acceptors (Lipinski definition) is 6. The molecule has 182 valence electrons. The minimum Gasteiger partial charge on any atom is -0.399 e. The molecule has 1 aliphatic rings. The van der Waals surface area contributed by atoms with Crippen LogP contribution in [-0.2, 0) is 0 Å². The van der Waals surface area contributed by atoms with Gasteiger partial charge < -0.3 is 16.4 Å². The average Bonchev–Trinajstić information content (AvgIpc) is 3.17. The van der Waals surface area contributed by atoms with E-state index < -0.39 is 11.8 Å². The summed E-state index contributed by atoms with van der Waals surface area (Å²) in [7, 11) is 1.61. The summed E-state index contributed by atoms with van der Waals surface area (Å²) in [5.41, 5.74) is 15.8. The second-order valence-electron chi connectivity index (χ2n) is 8.67. The second kappa shape index (κ2) is 9.09. The van der Waals surface area contributed by atoms with Gasteiger partial charge in [-0.2, -0.15) is 0 Å². The van der Waals surface area contributed by atoms with Crippen molar-refractivity contribution in [3.63, 3.8) is 0 Å². The van der Waals surface area contributed by atoms with Crippen molar-refractivity contribution in [1.82, 2.24) is 0 Å². The Balaban J connectivity index is 1.50. The molecule has 0 spiro atoms. The van der Waals surface area contributed by atoms with Crippen LogP contribution in [0.25, 0.3) is 11.1 Å². The smallest absolute Gasteiger partial charge is 0.266 e. The van der Waals surface area contributed by atoms with Crippen molar-refractivity contribution in [3.05, 3.63) is 107 Å². The first-order valence-electron chi connectivity index (χ1n) is 11.4. The Morgan fingerprint density at radius 1 is 0.757 bits per heavy atom. The molecule has 1 aliphatic heterocycles. The molecule has 0 radical (unpaired) electrons. The number of carbonyl (C=O) groups excluding carboxylic acids is 4. The lowest BCUT2D eigenvalue weighted by Gasteiger charge is -2.19. The molecule has 0 unspecified atom stereocenters. The molecule has 0 aliphatic carbocycles. The van der Waals surface area contributed by atoms with Crippen LogP contribution in [0.4, 0.5) is 22.7 Å². The van der Waals surface area contributed by atoms with Crippen LogP contribution in [0.1, 0.15) is 41.4 Å². The number of imide groups is 1. The number of carbonyl (C=O) groups is 4. The molecule has 3 amide bonds. The number of fused-ring (bicyclic) bond motifs is 1. The SMILES string of the molecule is CN(C(=O)c1cc(-c2ccc3c(c2)C(=O)N(c2ccc(N)cc2)C3=O)ccc1C=O)c1ccc(N)cc1. The van der Waals surface area contributed by atoms with E-state index in [-0.39, 0.29) is 28.2 Å². The fraction of sp³-hybridized carbons (Fsp3) is 0.0345. The number of hydrogen-bond donors (Lipinski definition) is 2. The van der Waals surface area contributed by atoms with Gasteiger partial charge in [0.2, 0.25) is 0 Å². The summed E-state index contributed by atoms with van der Waals surface area (Å²) in [6.07, 6.45) is 0.628. The van der Waals surface area contributed by atoms with Crippen LogP contribution in [0.5, 0.6) is 0 Å². The Morgan fingerprint density at radius 3 is 1.97 bits per heavy atom. The number of nitrogens with two attached hydrogens (primary N) is 2. The number of aldehydes is 1. The lowest BCUT2D eigenvalue weighted by atomic mass is 9.96. The Labute approximate surface area is 212 Å². The predicted molar refractivity (Wildman–Crippen MR) is 143 cm³/mol. The van der Waals surface area contributed by atoms with E-state index in [4.69, 9.17) is 11.5 Å². The Hall–Kier alpha value is -5.24. The quantitative estimate of drug-likeness (QED) is 0.242. The molecular formula is C29H22N4O4. The van der Waals surface area contributed by atoms with Gasteiger partial charge in [0.15, 0.2) is 6.29 Å². The van der Waals surface area contributed by atoms with E-state index in [2.05, 4.69) is 0 Å². The topological polar surface area (TPSA) is 127 Å². The van der Waals surface area contributed by atoms with Crippen molar-refractivity contribution in [3.8, 4) is 11.1 Å². The third-order valence-corrected chi connectivity index (χ3v) is 6.37. The molecule has 0 atom stereocenters. The van der Waals surface area contributed by atoms with E-state index in [1.165, 1.54) is 4.90 Å². The van der Waals surface area contributed by atoms with Crippen molar-refractivity contribution < 1.29 is 19.2 Å². The highest BCUT2D eigenvalue weighted by atomic mass is 16.2. The highest BCUT2D eigenvalue weighted by Crippen LogP contribution is 2.33. The number of amides is 3. The van der Waals surface area contributed by atoms with Gasteiger partial charge in [-0.05, 0) is 77.9 Å². The summed E-state index contributed by atoms with van der Waals surface area (Å²) in [6, 6.07) is 23.1. The minimum absolute atomic E-state index is 0.207. The summed E-state index contributed by atoms with van der Waals surface area (Å²) in [6.45, 7) is 0. The molecular weight excluding hydrogens is 468 g/mol. The van der Waals surface area contributed by atoms with Gasteiger partial charge in [0.25, 0.3) is 17.7 Å². The van der Waals surface area contributed by atoms with Crippen molar-refractivity contribution in [2.24, 2.45) is 0 Å². The largest absolute Gasteiger partial charge is 0.399 e. The zero-order valence-electron chi connectivity index (χ0n) is 19.8. The van der Waals surface area contributed by atoms with Gasteiger partial charge in [-0.25, -0.2) is 4.90 Å². The van der Waals surface area contributed by atoms with Crippen LogP contribution >= 0.6 is 0 Å². The number of nitrogens with zero attached hydrogens (tertiary/aromatic N) is 2. The summed E-state index contributed by atoms with van der Waals surface area (Å²) >= 11 is 0. The lowest BCUT2D eigenvalue weighted by molar-refractivity contribution is 0.0924. The third kappa shape index (κ3) is 4.10. The molecule has 0 bridgehead atoms. The Kier molecular flexibility index (Phi) is 5.77. The summed E-state index contributed by atoms with van der Waals surface area (Å²) < 4.78 is 0.